The first kappa shape index (κ1) is 14.5. The molecule has 0 radical (unpaired) electrons. The summed E-state index contributed by atoms with van der Waals surface area (Å²) < 4.78 is 13.7. The summed E-state index contributed by atoms with van der Waals surface area (Å²) in [5.41, 5.74) is 9.06. The Bertz CT molecular complexity index is 640. The average Bonchev–Trinajstić information content (AvgIpc) is 2.38. The first-order valence-electron chi connectivity index (χ1n) is 6.40. The fourth-order valence-corrected chi connectivity index (χ4v) is 2.41. The third-order valence-corrected chi connectivity index (χ3v) is 3.47. The molecule has 104 valence electrons. The molecule has 20 heavy (non-hydrogen) atoms. The molecule has 2 aromatic rings. The average molecular weight is 288 g/mol. The van der Waals surface area contributed by atoms with Gasteiger partial charge in [-0.1, -0.05) is 30.4 Å². The van der Waals surface area contributed by atoms with Crippen LogP contribution in [0.15, 0.2) is 42.5 Å². The molecule has 2 nitrogen and oxygen atoms in total. The zero-order valence-corrected chi connectivity index (χ0v) is 12.3. The maximum Gasteiger partial charge on any atom is 0.128 e. The molecule has 3 N–H and O–H groups in total. The van der Waals surface area contributed by atoms with E-state index in [1.54, 1.807) is 12.1 Å². The number of benzene rings is 2. The quantitative estimate of drug-likeness (QED) is 0.837. The summed E-state index contributed by atoms with van der Waals surface area (Å²) in [4.78, 5) is 0.385. The van der Waals surface area contributed by atoms with Crippen LogP contribution in [0.4, 0.5) is 10.1 Å². The van der Waals surface area contributed by atoms with Gasteiger partial charge in [-0.15, -0.1) is 0 Å². The van der Waals surface area contributed by atoms with E-state index in [0.29, 0.717) is 10.6 Å². The first-order valence-corrected chi connectivity index (χ1v) is 6.81. The van der Waals surface area contributed by atoms with Crippen molar-refractivity contribution in [3.05, 3.63) is 65.0 Å². The zero-order chi connectivity index (χ0) is 14.7. The number of halogens is 1. The maximum absolute atomic E-state index is 13.7. The fraction of sp³-hybridized carbons (Fsp3) is 0.188. The molecule has 0 amide bonds. The van der Waals surface area contributed by atoms with E-state index in [9.17, 15) is 4.39 Å². The summed E-state index contributed by atoms with van der Waals surface area (Å²) in [6, 6.07) is 12.4. The number of nitrogens with one attached hydrogen (secondary N) is 1. The second kappa shape index (κ2) is 6.01. The molecule has 1 unspecified atom stereocenters. The minimum Gasteiger partial charge on any atom is -0.389 e. The molecule has 0 spiro atoms. The van der Waals surface area contributed by atoms with Gasteiger partial charge in [-0.2, -0.15) is 0 Å². The molecule has 0 aliphatic carbocycles. The standard InChI is InChI=1S/C16H17FN2S/c1-10-9-12(7-8-13(10)16(18)20)19-11(2)14-5-3-4-6-15(14)17/h3-9,11,19H,1-2H3,(H2,18,20). The minimum absolute atomic E-state index is 0.119. The Hall–Kier alpha value is -1.94. The van der Waals surface area contributed by atoms with Crippen LogP contribution < -0.4 is 11.1 Å². The van der Waals surface area contributed by atoms with Gasteiger partial charge in [-0.05, 0) is 43.7 Å². The lowest BCUT2D eigenvalue weighted by atomic mass is 10.1. The van der Waals surface area contributed by atoms with E-state index >= 15 is 0 Å². The molecule has 0 saturated carbocycles. The van der Waals surface area contributed by atoms with Gasteiger partial charge >= 0.3 is 0 Å². The van der Waals surface area contributed by atoms with Crippen LogP contribution in [0.3, 0.4) is 0 Å². The largest absolute Gasteiger partial charge is 0.389 e. The van der Waals surface area contributed by atoms with Crippen LogP contribution in [0.1, 0.15) is 29.7 Å². The van der Waals surface area contributed by atoms with Gasteiger partial charge < -0.3 is 11.1 Å². The Balaban J connectivity index is 2.20. The van der Waals surface area contributed by atoms with Gasteiger partial charge in [0, 0.05) is 16.8 Å². The first-order chi connectivity index (χ1) is 9.49. The van der Waals surface area contributed by atoms with Gasteiger partial charge in [0.15, 0.2) is 0 Å². The molecule has 0 aliphatic rings. The van der Waals surface area contributed by atoms with Crippen LogP contribution in [0.2, 0.25) is 0 Å². The molecule has 2 rings (SSSR count). The van der Waals surface area contributed by atoms with E-state index in [1.165, 1.54) is 6.07 Å². The van der Waals surface area contributed by atoms with Crippen molar-refractivity contribution < 1.29 is 4.39 Å². The molecule has 4 heteroatoms. The van der Waals surface area contributed by atoms with E-state index in [0.717, 1.165) is 16.8 Å². The Labute approximate surface area is 123 Å². The normalized spacial score (nSPS) is 11.9. The molecular weight excluding hydrogens is 271 g/mol. The van der Waals surface area contributed by atoms with E-state index < -0.39 is 0 Å². The van der Waals surface area contributed by atoms with Crippen molar-refractivity contribution in [2.45, 2.75) is 19.9 Å². The van der Waals surface area contributed by atoms with E-state index in [4.69, 9.17) is 18.0 Å². The predicted molar refractivity (Wildman–Crippen MR) is 85.5 cm³/mol. The van der Waals surface area contributed by atoms with Crippen molar-refractivity contribution in [2.24, 2.45) is 5.73 Å². The van der Waals surface area contributed by atoms with Gasteiger partial charge in [-0.3, -0.25) is 0 Å². The third-order valence-electron chi connectivity index (χ3n) is 3.25. The lowest BCUT2D eigenvalue weighted by molar-refractivity contribution is 0.600. The smallest absolute Gasteiger partial charge is 0.128 e. The van der Waals surface area contributed by atoms with Crippen molar-refractivity contribution in [2.75, 3.05) is 5.32 Å². The zero-order valence-electron chi connectivity index (χ0n) is 11.5. The summed E-state index contributed by atoms with van der Waals surface area (Å²) in [5, 5.41) is 3.28. The molecule has 0 aromatic heterocycles. The topological polar surface area (TPSA) is 38.0 Å². The molecule has 0 aliphatic heterocycles. The second-order valence-corrected chi connectivity index (χ2v) is 5.22. The van der Waals surface area contributed by atoms with E-state index in [2.05, 4.69) is 5.32 Å². The fourth-order valence-electron chi connectivity index (χ4n) is 2.18. The highest BCUT2D eigenvalue weighted by Gasteiger charge is 2.10. The van der Waals surface area contributed by atoms with Crippen molar-refractivity contribution in [1.29, 1.82) is 0 Å². The number of hydrogen-bond acceptors (Lipinski definition) is 2. The molecule has 0 bridgehead atoms. The van der Waals surface area contributed by atoms with Crippen molar-refractivity contribution in [3.8, 4) is 0 Å². The lowest BCUT2D eigenvalue weighted by Crippen LogP contribution is -2.12. The van der Waals surface area contributed by atoms with Crippen molar-refractivity contribution >= 4 is 22.9 Å². The predicted octanol–water partition coefficient (Wildman–Crippen LogP) is 3.94. The van der Waals surface area contributed by atoms with Gasteiger partial charge in [0.25, 0.3) is 0 Å². The highest BCUT2D eigenvalue weighted by Crippen LogP contribution is 2.23. The summed E-state index contributed by atoms with van der Waals surface area (Å²) in [6.07, 6.45) is 0. The Morgan fingerprint density at radius 2 is 1.95 bits per heavy atom. The highest BCUT2D eigenvalue weighted by molar-refractivity contribution is 7.80. The van der Waals surface area contributed by atoms with Crippen LogP contribution in [0, 0.1) is 12.7 Å². The number of rotatable bonds is 4. The van der Waals surface area contributed by atoms with Gasteiger partial charge in [-0.25, -0.2) is 4.39 Å². The van der Waals surface area contributed by atoms with Gasteiger partial charge in [0.05, 0.1) is 6.04 Å². The van der Waals surface area contributed by atoms with Crippen LogP contribution in [-0.2, 0) is 0 Å². The maximum atomic E-state index is 13.7. The molecule has 2 aromatic carbocycles. The Morgan fingerprint density at radius 1 is 1.25 bits per heavy atom. The van der Waals surface area contributed by atoms with Crippen LogP contribution >= 0.6 is 12.2 Å². The monoisotopic (exact) mass is 288 g/mol. The highest BCUT2D eigenvalue weighted by atomic mass is 32.1. The van der Waals surface area contributed by atoms with E-state index in [1.807, 2.05) is 38.1 Å². The van der Waals surface area contributed by atoms with Crippen LogP contribution in [-0.4, -0.2) is 4.99 Å². The van der Waals surface area contributed by atoms with Crippen LogP contribution in [0.25, 0.3) is 0 Å². The third kappa shape index (κ3) is 3.14. The molecule has 0 fully saturated rings. The molecule has 0 heterocycles. The van der Waals surface area contributed by atoms with Gasteiger partial charge in [0.1, 0.15) is 10.8 Å². The number of anilines is 1. The number of aryl methyl sites for hydroxylation is 1. The lowest BCUT2D eigenvalue weighted by Gasteiger charge is -2.17. The molecule has 0 saturated heterocycles. The van der Waals surface area contributed by atoms with Gasteiger partial charge in [0.2, 0.25) is 0 Å². The number of hydrogen-bond donors (Lipinski definition) is 2. The van der Waals surface area contributed by atoms with Crippen molar-refractivity contribution in [1.82, 2.24) is 0 Å². The summed E-state index contributed by atoms with van der Waals surface area (Å²) in [6.45, 7) is 3.88. The van der Waals surface area contributed by atoms with E-state index in [-0.39, 0.29) is 11.9 Å². The molecular formula is C16H17FN2S. The number of thiocarbonyl (C=S) groups is 1. The summed E-state index contributed by atoms with van der Waals surface area (Å²) >= 11 is 4.98. The SMILES string of the molecule is Cc1cc(NC(C)c2ccccc2F)ccc1C(N)=S. The Kier molecular flexibility index (Phi) is 4.35. The summed E-state index contributed by atoms with van der Waals surface area (Å²) in [7, 11) is 0. The Morgan fingerprint density at radius 3 is 2.55 bits per heavy atom. The second-order valence-electron chi connectivity index (χ2n) is 4.78. The number of nitrogens with two attached hydrogens (primary N) is 1. The van der Waals surface area contributed by atoms with Crippen molar-refractivity contribution in [3.63, 3.8) is 0 Å². The summed E-state index contributed by atoms with van der Waals surface area (Å²) in [5.74, 6) is -0.205. The molecule has 1 atom stereocenters. The van der Waals surface area contributed by atoms with Crippen LogP contribution in [0.5, 0.6) is 0 Å². The minimum atomic E-state index is -0.205.